The second kappa shape index (κ2) is 5.16. The smallest absolute Gasteiger partial charge is 0.272 e. The molecule has 1 heterocycles. The van der Waals surface area contributed by atoms with Gasteiger partial charge in [-0.3, -0.25) is 4.79 Å². The van der Waals surface area contributed by atoms with Crippen molar-refractivity contribution >= 4 is 23.0 Å². The molecule has 0 saturated heterocycles. The van der Waals surface area contributed by atoms with Crippen LogP contribution in [0.15, 0.2) is 36.5 Å². The van der Waals surface area contributed by atoms with Crippen molar-refractivity contribution in [2.24, 2.45) is 0 Å². The molecule has 0 bridgehead atoms. The molecule has 1 aromatic heterocycles. The lowest BCUT2D eigenvalue weighted by Gasteiger charge is -2.14. The fraction of sp³-hybridized carbons (Fsp3) is 0.312. The van der Waals surface area contributed by atoms with Crippen molar-refractivity contribution in [3.8, 4) is 0 Å². The minimum atomic E-state index is -0.116. The van der Waals surface area contributed by atoms with Crippen molar-refractivity contribution in [1.82, 2.24) is 4.57 Å². The van der Waals surface area contributed by atoms with Crippen molar-refractivity contribution in [1.29, 1.82) is 0 Å². The third kappa shape index (κ3) is 2.86. The zero-order valence-corrected chi connectivity index (χ0v) is 12.3. The second-order valence-corrected chi connectivity index (χ2v) is 5.70. The molecule has 1 aromatic carbocycles. The van der Waals surface area contributed by atoms with Crippen LogP contribution in [-0.4, -0.2) is 24.6 Å². The van der Waals surface area contributed by atoms with Crippen molar-refractivity contribution in [2.75, 3.05) is 30.0 Å². The van der Waals surface area contributed by atoms with Crippen LogP contribution < -0.4 is 16.0 Å². The summed E-state index contributed by atoms with van der Waals surface area (Å²) in [6, 6.07) is 9.93. The summed E-state index contributed by atoms with van der Waals surface area (Å²) in [6.45, 7) is 0. The number of benzene rings is 1. The highest BCUT2D eigenvalue weighted by atomic mass is 16.1. The summed E-state index contributed by atoms with van der Waals surface area (Å²) in [5.41, 5.74) is 8.93. The van der Waals surface area contributed by atoms with Gasteiger partial charge in [-0.2, -0.15) is 0 Å². The Hall–Kier alpha value is -2.43. The molecule has 1 fully saturated rings. The number of anilines is 3. The quantitative estimate of drug-likeness (QED) is 0.907. The van der Waals surface area contributed by atoms with Gasteiger partial charge in [0.1, 0.15) is 5.69 Å². The van der Waals surface area contributed by atoms with Crippen LogP contribution in [0, 0.1) is 0 Å². The van der Waals surface area contributed by atoms with E-state index in [1.807, 2.05) is 54.0 Å². The van der Waals surface area contributed by atoms with Crippen molar-refractivity contribution < 1.29 is 4.79 Å². The molecular formula is C16H20N4O. The number of hydrogen-bond donors (Lipinski definition) is 2. The Bertz CT molecular complexity index is 671. The van der Waals surface area contributed by atoms with Gasteiger partial charge in [0, 0.05) is 37.7 Å². The molecule has 2 aromatic rings. The summed E-state index contributed by atoms with van der Waals surface area (Å²) in [6.07, 6.45) is 4.08. The lowest BCUT2D eigenvalue weighted by Crippen LogP contribution is -2.17. The first-order valence-corrected chi connectivity index (χ1v) is 7.10. The number of nitrogens with zero attached hydrogens (tertiary/aromatic N) is 2. The molecule has 5 nitrogen and oxygen atoms in total. The Morgan fingerprint density at radius 3 is 2.76 bits per heavy atom. The van der Waals surface area contributed by atoms with E-state index >= 15 is 0 Å². The summed E-state index contributed by atoms with van der Waals surface area (Å²) in [5, 5.41) is 2.95. The third-order valence-electron chi connectivity index (χ3n) is 3.66. The van der Waals surface area contributed by atoms with Crippen LogP contribution in [0.1, 0.15) is 29.4 Å². The molecule has 21 heavy (non-hydrogen) atoms. The van der Waals surface area contributed by atoms with Gasteiger partial charge in [-0.15, -0.1) is 0 Å². The minimum Gasteiger partial charge on any atom is -0.397 e. The number of hydrogen-bond acceptors (Lipinski definition) is 3. The van der Waals surface area contributed by atoms with Gasteiger partial charge in [0.15, 0.2) is 0 Å². The zero-order chi connectivity index (χ0) is 15.0. The summed E-state index contributed by atoms with van der Waals surface area (Å²) in [7, 11) is 3.94. The average molecular weight is 284 g/mol. The molecule has 1 aliphatic carbocycles. The maximum Gasteiger partial charge on any atom is 0.272 e. The van der Waals surface area contributed by atoms with Gasteiger partial charge in [0.25, 0.3) is 5.91 Å². The molecule has 110 valence electrons. The number of amides is 1. The number of nitrogen functional groups attached to an aromatic ring is 1. The molecule has 5 heteroatoms. The van der Waals surface area contributed by atoms with Crippen LogP contribution in [0.5, 0.6) is 0 Å². The second-order valence-electron chi connectivity index (χ2n) is 5.70. The maximum absolute atomic E-state index is 12.5. The van der Waals surface area contributed by atoms with E-state index in [-0.39, 0.29) is 5.91 Å². The van der Waals surface area contributed by atoms with Gasteiger partial charge in [0.2, 0.25) is 0 Å². The van der Waals surface area contributed by atoms with E-state index in [4.69, 9.17) is 5.73 Å². The van der Waals surface area contributed by atoms with E-state index in [0.717, 1.165) is 24.2 Å². The van der Waals surface area contributed by atoms with Gasteiger partial charge in [-0.25, -0.2) is 0 Å². The molecule has 1 saturated carbocycles. The molecule has 0 atom stereocenters. The molecule has 3 N–H and O–H groups in total. The molecule has 3 rings (SSSR count). The molecule has 1 amide bonds. The molecule has 0 aliphatic heterocycles. The molecular weight excluding hydrogens is 264 g/mol. The highest BCUT2D eigenvalue weighted by Crippen LogP contribution is 2.37. The Morgan fingerprint density at radius 1 is 1.33 bits per heavy atom. The van der Waals surface area contributed by atoms with Crippen LogP contribution in [0.2, 0.25) is 0 Å². The fourth-order valence-electron chi connectivity index (χ4n) is 2.39. The van der Waals surface area contributed by atoms with Crippen molar-refractivity contribution in [3.63, 3.8) is 0 Å². The van der Waals surface area contributed by atoms with E-state index in [2.05, 4.69) is 5.32 Å². The summed E-state index contributed by atoms with van der Waals surface area (Å²) in [4.78, 5) is 14.5. The largest absolute Gasteiger partial charge is 0.397 e. The predicted molar refractivity (Wildman–Crippen MR) is 85.8 cm³/mol. The highest BCUT2D eigenvalue weighted by molar-refractivity contribution is 6.04. The number of aromatic nitrogens is 1. The third-order valence-corrected chi connectivity index (χ3v) is 3.66. The lowest BCUT2D eigenvalue weighted by molar-refractivity contribution is 0.101. The summed E-state index contributed by atoms with van der Waals surface area (Å²) >= 11 is 0. The van der Waals surface area contributed by atoms with Crippen molar-refractivity contribution in [2.45, 2.75) is 18.9 Å². The van der Waals surface area contributed by atoms with E-state index in [1.165, 1.54) is 0 Å². The van der Waals surface area contributed by atoms with Gasteiger partial charge in [-0.05, 0) is 37.1 Å². The van der Waals surface area contributed by atoms with Crippen molar-refractivity contribution in [3.05, 3.63) is 42.2 Å². The highest BCUT2D eigenvalue weighted by Gasteiger charge is 2.27. The summed E-state index contributed by atoms with van der Waals surface area (Å²) < 4.78 is 1.99. The Balaban J connectivity index is 1.81. The van der Waals surface area contributed by atoms with E-state index in [0.29, 0.717) is 17.4 Å². The molecule has 0 spiro atoms. The van der Waals surface area contributed by atoms with Gasteiger partial charge < -0.3 is 20.5 Å². The van der Waals surface area contributed by atoms with Crippen LogP contribution in [0.3, 0.4) is 0 Å². The van der Waals surface area contributed by atoms with Crippen LogP contribution in [0.25, 0.3) is 0 Å². The van der Waals surface area contributed by atoms with E-state index < -0.39 is 0 Å². The number of nitrogens with one attached hydrogen (secondary N) is 1. The topological polar surface area (TPSA) is 63.3 Å². The maximum atomic E-state index is 12.5. The SMILES string of the molecule is CN(C)c1cccc(NC(=O)c2cc(N)cn2C2CC2)c1. The van der Waals surface area contributed by atoms with E-state index in [9.17, 15) is 4.79 Å². The number of nitrogens with two attached hydrogens (primary N) is 1. The molecule has 0 unspecified atom stereocenters. The number of rotatable bonds is 4. The zero-order valence-electron chi connectivity index (χ0n) is 12.3. The van der Waals surface area contributed by atoms with Crippen LogP contribution >= 0.6 is 0 Å². The standard InChI is InChI=1S/C16H20N4O/c1-19(2)14-5-3-4-12(9-14)18-16(21)15-8-11(17)10-20(15)13-6-7-13/h3-5,8-10,13H,6-7,17H2,1-2H3,(H,18,21). The minimum absolute atomic E-state index is 0.116. The average Bonchev–Trinajstić information content (AvgIpc) is 3.21. The monoisotopic (exact) mass is 284 g/mol. The van der Waals surface area contributed by atoms with Gasteiger partial charge >= 0.3 is 0 Å². The van der Waals surface area contributed by atoms with Crippen LogP contribution in [0.4, 0.5) is 17.1 Å². The Morgan fingerprint density at radius 2 is 2.10 bits per heavy atom. The Labute approximate surface area is 124 Å². The summed E-state index contributed by atoms with van der Waals surface area (Å²) in [5.74, 6) is -0.116. The Kier molecular flexibility index (Phi) is 3.33. The normalized spacial score (nSPS) is 14.0. The fourth-order valence-corrected chi connectivity index (χ4v) is 2.39. The van der Waals surface area contributed by atoms with E-state index in [1.54, 1.807) is 6.07 Å². The number of carbonyl (C=O) groups excluding carboxylic acids is 1. The number of carbonyl (C=O) groups is 1. The predicted octanol–water partition coefficient (Wildman–Crippen LogP) is 2.72. The lowest BCUT2D eigenvalue weighted by atomic mass is 10.2. The molecule has 1 aliphatic rings. The first-order chi connectivity index (χ1) is 10.0. The van der Waals surface area contributed by atoms with Gasteiger partial charge in [0.05, 0.1) is 5.69 Å². The molecule has 0 radical (unpaired) electrons. The first-order valence-electron chi connectivity index (χ1n) is 7.10. The first kappa shape index (κ1) is 13.5. The van der Waals surface area contributed by atoms with Gasteiger partial charge in [-0.1, -0.05) is 6.07 Å². The van der Waals surface area contributed by atoms with Crippen LogP contribution in [-0.2, 0) is 0 Å².